The van der Waals surface area contributed by atoms with E-state index in [-0.39, 0.29) is 11.3 Å². The lowest BCUT2D eigenvalue weighted by Crippen LogP contribution is -2.28. The molecule has 1 aromatic heterocycles. The van der Waals surface area contributed by atoms with Crippen LogP contribution in [0.5, 0.6) is 5.75 Å². The number of rotatable bonds is 3. The fourth-order valence-corrected chi connectivity index (χ4v) is 3.62. The SMILES string of the molecule is Cc1nnc(-c2c(OS(=O)(=O)C(F)(F)F)ccc3ccccc23)c2ccccc12. The third-order valence-electron chi connectivity index (χ3n) is 4.48. The van der Waals surface area contributed by atoms with E-state index in [9.17, 15) is 21.6 Å². The molecule has 0 amide bonds. The molecule has 0 fully saturated rings. The molecule has 0 aliphatic heterocycles. The first-order chi connectivity index (χ1) is 13.7. The smallest absolute Gasteiger partial charge is 0.375 e. The van der Waals surface area contributed by atoms with Crippen molar-refractivity contribution < 1.29 is 25.8 Å². The van der Waals surface area contributed by atoms with Gasteiger partial charge in [-0.2, -0.15) is 26.7 Å². The van der Waals surface area contributed by atoms with Gasteiger partial charge in [0.2, 0.25) is 0 Å². The van der Waals surface area contributed by atoms with E-state index in [0.717, 1.165) is 5.39 Å². The van der Waals surface area contributed by atoms with Gasteiger partial charge in [-0.1, -0.05) is 54.6 Å². The van der Waals surface area contributed by atoms with Crippen molar-refractivity contribution in [1.29, 1.82) is 0 Å². The number of benzene rings is 3. The van der Waals surface area contributed by atoms with Crippen LogP contribution < -0.4 is 4.18 Å². The van der Waals surface area contributed by atoms with Gasteiger partial charge in [0.25, 0.3) is 0 Å². The minimum Gasteiger partial charge on any atom is -0.375 e. The maximum absolute atomic E-state index is 12.9. The molecule has 148 valence electrons. The van der Waals surface area contributed by atoms with Gasteiger partial charge in [-0.05, 0) is 23.8 Å². The summed E-state index contributed by atoms with van der Waals surface area (Å²) in [6, 6.07) is 16.7. The highest BCUT2D eigenvalue weighted by Crippen LogP contribution is 2.41. The zero-order chi connectivity index (χ0) is 20.8. The zero-order valence-corrected chi connectivity index (χ0v) is 15.8. The molecule has 4 aromatic rings. The van der Waals surface area contributed by atoms with Gasteiger partial charge in [0.1, 0.15) is 5.69 Å². The largest absolute Gasteiger partial charge is 0.534 e. The lowest BCUT2D eigenvalue weighted by atomic mass is 9.97. The van der Waals surface area contributed by atoms with Crippen LogP contribution in [0.15, 0.2) is 60.7 Å². The lowest BCUT2D eigenvalue weighted by Gasteiger charge is -2.16. The summed E-state index contributed by atoms with van der Waals surface area (Å²) in [6.07, 6.45) is 0. The van der Waals surface area contributed by atoms with E-state index in [1.807, 2.05) is 0 Å². The van der Waals surface area contributed by atoms with Crippen molar-refractivity contribution in [2.75, 3.05) is 0 Å². The Kier molecular flexibility index (Phi) is 4.42. The molecular formula is C20H13F3N2O3S. The molecule has 5 nitrogen and oxygen atoms in total. The van der Waals surface area contributed by atoms with Gasteiger partial charge < -0.3 is 4.18 Å². The molecular weight excluding hydrogens is 405 g/mol. The molecule has 0 unspecified atom stereocenters. The highest BCUT2D eigenvalue weighted by atomic mass is 32.2. The fraction of sp³-hybridized carbons (Fsp3) is 0.100. The average Bonchev–Trinajstić information content (AvgIpc) is 2.68. The topological polar surface area (TPSA) is 69.2 Å². The van der Waals surface area contributed by atoms with Crippen LogP contribution in [-0.2, 0) is 10.1 Å². The molecule has 0 saturated carbocycles. The summed E-state index contributed by atoms with van der Waals surface area (Å²) in [5.74, 6) is -0.468. The summed E-state index contributed by atoms with van der Waals surface area (Å²) in [7, 11) is -5.86. The van der Waals surface area contributed by atoms with Crippen LogP contribution in [0.4, 0.5) is 13.2 Å². The van der Waals surface area contributed by atoms with Crippen molar-refractivity contribution in [3.63, 3.8) is 0 Å². The van der Waals surface area contributed by atoms with Crippen LogP contribution in [0.25, 0.3) is 32.8 Å². The van der Waals surface area contributed by atoms with Gasteiger partial charge in [-0.25, -0.2) is 0 Å². The molecule has 0 atom stereocenters. The van der Waals surface area contributed by atoms with Crippen LogP contribution in [0, 0.1) is 6.92 Å². The number of alkyl halides is 3. The fourth-order valence-electron chi connectivity index (χ4n) is 3.15. The van der Waals surface area contributed by atoms with Gasteiger partial charge >= 0.3 is 15.6 Å². The molecule has 0 bridgehead atoms. The Hall–Kier alpha value is -3.20. The molecule has 0 aliphatic carbocycles. The number of hydrogen-bond acceptors (Lipinski definition) is 5. The maximum Gasteiger partial charge on any atom is 0.534 e. The van der Waals surface area contributed by atoms with E-state index in [0.29, 0.717) is 21.9 Å². The summed E-state index contributed by atoms with van der Waals surface area (Å²) >= 11 is 0. The minimum absolute atomic E-state index is 0.125. The van der Waals surface area contributed by atoms with E-state index in [2.05, 4.69) is 14.4 Å². The van der Waals surface area contributed by atoms with Crippen molar-refractivity contribution in [2.24, 2.45) is 0 Å². The number of aromatic nitrogens is 2. The third kappa shape index (κ3) is 3.27. The Morgan fingerprint density at radius 1 is 0.828 bits per heavy atom. The maximum atomic E-state index is 12.9. The van der Waals surface area contributed by atoms with Crippen molar-refractivity contribution in [3.8, 4) is 17.0 Å². The molecule has 0 radical (unpaired) electrons. The molecule has 4 rings (SSSR count). The standard InChI is InChI=1S/C20H13F3N2O3S/c1-12-14-7-4-5-9-16(14)19(25-24-12)18-15-8-3-2-6-13(15)10-11-17(18)28-29(26,27)20(21,22)23/h2-11H,1H3. The summed E-state index contributed by atoms with van der Waals surface area (Å²) in [5.41, 5.74) is -4.57. The summed E-state index contributed by atoms with van der Waals surface area (Å²) in [5, 5.41) is 10.8. The zero-order valence-electron chi connectivity index (χ0n) is 14.9. The second-order valence-corrected chi connectivity index (χ2v) is 7.86. The second-order valence-electron chi connectivity index (χ2n) is 6.32. The van der Waals surface area contributed by atoms with Gasteiger partial charge in [0.15, 0.2) is 5.75 Å². The molecule has 9 heteroatoms. The van der Waals surface area contributed by atoms with Gasteiger partial charge in [-0.3, -0.25) is 0 Å². The van der Waals surface area contributed by atoms with E-state index in [1.165, 1.54) is 12.1 Å². The number of nitrogens with zero attached hydrogens (tertiary/aromatic N) is 2. The van der Waals surface area contributed by atoms with Crippen molar-refractivity contribution in [2.45, 2.75) is 12.4 Å². The number of hydrogen-bond donors (Lipinski definition) is 0. The Balaban J connectivity index is 2.08. The normalized spacial score (nSPS) is 12.4. The van der Waals surface area contributed by atoms with Crippen LogP contribution in [0.2, 0.25) is 0 Å². The first-order valence-electron chi connectivity index (χ1n) is 8.44. The van der Waals surface area contributed by atoms with Crippen molar-refractivity contribution in [3.05, 3.63) is 66.4 Å². The van der Waals surface area contributed by atoms with E-state index in [4.69, 9.17) is 0 Å². The summed E-state index contributed by atoms with van der Waals surface area (Å²) < 4.78 is 66.7. The number of fused-ring (bicyclic) bond motifs is 2. The molecule has 1 heterocycles. The van der Waals surface area contributed by atoms with Gasteiger partial charge in [-0.15, -0.1) is 5.10 Å². The molecule has 0 spiro atoms. The molecule has 0 aliphatic rings. The number of aryl methyl sites for hydroxylation is 1. The predicted octanol–water partition coefficient (Wildman–Crippen LogP) is 4.99. The predicted molar refractivity (Wildman–Crippen MR) is 103 cm³/mol. The second kappa shape index (κ2) is 6.70. The quantitative estimate of drug-likeness (QED) is 0.346. The lowest BCUT2D eigenvalue weighted by molar-refractivity contribution is -0.0499. The monoisotopic (exact) mass is 418 g/mol. The Morgan fingerprint density at radius 3 is 2.14 bits per heavy atom. The van der Waals surface area contributed by atoms with Crippen LogP contribution in [0.1, 0.15) is 5.69 Å². The Bertz CT molecular complexity index is 1350. The van der Waals surface area contributed by atoms with E-state index in [1.54, 1.807) is 55.5 Å². The highest BCUT2D eigenvalue weighted by Gasteiger charge is 2.49. The van der Waals surface area contributed by atoms with Crippen molar-refractivity contribution >= 4 is 31.7 Å². The minimum atomic E-state index is -5.86. The number of halogens is 3. The third-order valence-corrected chi connectivity index (χ3v) is 5.45. The first-order valence-corrected chi connectivity index (χ1v) is 9.85. The first kappa shape index (κ1) is 19.1. The Morgan fingerprint density at radius 2 is 1.45 bits per heavy atom. The summed E-state index contributed by atoms with van der Waals surface area (Å²) in [4.78, 5) is 0. The Labute approximate surface area is 163 Å². The van der Waals surface area contributed by atoms with Gasteiger partial charge in [0.05, 0.1) is 11.3 Å². The molecule has 0 N–H and O–H groups in total. The van der Waals surface area contributed by atoms with Gasteiger partial charge in [0, 0.05) is 10.8 Å². The summed E-state index contributed by atoms with van der Waals surface area (Å²) in [6.45, 7) is 1.76. The molecule has 3 aromatic carbocycles. The van der Waals surface area contributed by atoms with Crippen molar-refractivity contribution in [1.82, 2.24) is 10.2 Å². The molecule has 0 saturated heterocycles. The van der Waals surface area contributed by atoms with Crippen LogP contribution >= 0.6 is 0 Å². The average molecular weight is 418 g/mol. The van der Waals surface area contributed by atoms with E-state index < -0.39 is 21.4 Å². The highest BCUT2D eigenvalue weighted by molar-refractivity contribution is 7.88. The molecule has 29 heavy (non-hydrogen) atoms. The van der Waals surface area contributed by atoms with Crippen LogP contribution in [-0.4, -0.2) is 24.1 Å². The van der Waals surface area contributed by atoms with E-state index >= 15 is 0 Å². The van der Waals surface area contributed by atoms with Crippen LogP contribution in [0.3, 0.4) is 0 Å².